The van der Waals surface area contributed by atoms with Gasteiger partial charge in [0.25, 0.3) is 5.91 Å². The summed E-state index contributed by atoms with van der Waals surface area (Å²) in [6.45, 7) is 3.43. The minimum Gasteiger partial charge on any atom is -0.485 e. The predicted molar refractivity (Wildman–Crippen MR) is 82.1 cm³/mol. The number of rotatable bonds is 6. The smallest absolute Gasteiger partial charge is 0.268 e. The number of nitrogens with zero attached hydrogens (tertiary/aromatic N) is 1. The van der Waals surface area contributed by atoms with Gasteiger partial charge < -0.3 is 23.8 Å². The summed E-state index contributed by atoms with van der Waals surface area (Å²) >= 11 is 1.37. The number of thiophene rings is 1. The molecule has 0 aliphatic carbocycles. The van der Waals surface area contributed by atoms with E-state index in [0.717, 1.165) is 19.4 Å². The van der Waals surface area contributed by atoms with Crippen molar-refractivity contribution in [1.82, 2.24) is 4.90 Å². The molecule has 122 valence electrons. The third-order valence-corrected chi connectivity index (χ3v) is 4.72. The second-order valence-electron chi connectivity index (χ2n) is 5.33. The number of ether oxygens (including phenoxy) is 4. The van der Waals surface area contributed by atoms with Crippen LogP contribution in [0.3, 0.4) is 0 Å². The second-order valence-corrected chi connectivity index (χ2v) is 6.21. The van der Waals surface area contributed by atoms with Gasteiger partial charge in [-0.25, -0.2) is 0 Å². The lowest BCUT2D eigenvalue weighted by Crippen LogP contribution is -2.39. The van der Waals surface area contributed by atoms with E-state index >= 15 is 0 Å². The minimum absolute atomic E-state index is 0.0377. The van der Waals surface area contributed by atoms with Gasteiger partial charge in [-0.2, -0.15) is 0 Å². The quantitative estimate of drug-likeness (QED) is 0.797. The Morgan fingerprint density at radius 1 is 1.41 bits per heavy atom. The molecule has 0 spiro atoms. The van der Waals surface area contributed by atoms with E-state index in [4.69, 9.17) is 18.9 Å². The van der Waals surface area contributed by atoms with Gasteiger partial charge in [0.1, 0.15) is 18.1 Å². The van der Waals surface area contributed by atoms with E-state index < -0.39 is 0 Å². The average Bonchev–Trinajstić information content (AvgIpc) is 3.20. The molecule has 1 atom stereocenters. The van der Waals surface area contributed by atoms with Crippen LogP contribution in [0, 0.1) is 0 Å². The second kappa shape index (κ2) is 7.30. The first-order valence-electron chi connectivity index (χ1n) is 7.56. The number of fused-ring (bicyclic) bond motifs is 1. The van der Waals surface area contributed by atoms with E-state index in [1.54, 1.807) is 12.0 Å². The molecule has 1 aromatic heterocycles. The predicted octanol–water partition coefficient (Wildman–Crippen LogP) is 1.79. The number of carbonyl (C=O) groups is 1. The molecule has 3 rings (SSSR count). The fourth-order valence-corrected chi connectivity index (χ4v) is 3.56. The van der Waals surface area contributed by atoms with Crippen LogP contribution < -0.4 is 9.47 Å². The molecule has 0 radical (unpaired) electrons. The molecule has 0 N–H and O–H groups in total. The van der Waals surface area contributed by atoms with Crippen LogP contribution >= 0.6 is 11.3 Å². The van der Waals surface area contributed by atoms with E-state index in [1.807, 2.05) is 5.38 Å². The molecular formula is C15H21NO5S. The highest BCUT2D eigenvalue weighted by atomic mass is 32.1. The van der Waals surface area contributed by atoms with Crippen molar-refractivity contribution in [2.24, 2.45) is 0 Å². The maximum absolute atomic E-state index is 12.9. The Kier molecular flexibility index (Phi) is 5.17. The van der Waals surface area contributed by atoms with Gasteiger partial charge in [-0.3, -0.25) is 4.79 Å². The van der Waals surface area contributed by atoms with Gasteiger partial charge in [0.05, 0.1) is 12.7 Å². The highest BCUT2D eigenvalue weighted by Gasteiger charge is 2.29. The van der Waals surface area contributed by atoms with Gasteiger partial charge in [-0.05, 0) is 12.8 Å². The zero-order valence-electron chi connectivity index (χ0n) is 12.7. The fourth-order valence-electron chi connectivity index (χ4n) is 2.67. The van der Waals surface area contributed by atoms with Crippen LogP contribution in [0.2, 0.25) is 0 Å². The molecule has 2 aliphatic rings. The molecule has 22 heavy (non-hydrogen) atoms. The highest BCUT2D eigenvalue weighted by molar-refractivity contribution is 7.12. The van der Waals surface area contributed by atoms with E-state index in [-0.39, 0.29) is 12.0 Å². The zero-order chi connectivity index (χ0) is 15.4. The van der Waals surface area contributed by atoms with Crippen molar-refractivity contribution in [3.63, 3.8) is 0 Å². The van der Waals surface area contributed by atoms with Gasteiger partial charge in [0, 0.05) is 32.2 Å². The number of carbonyl (C=O) groups excluding carboxylic acids is 1. The van der Waals surface area contributed by atoms with Gasteiger partial charge in [-0.15, -0.1) is 11.3 Å². The first-order valence-corrected chi connectivity index (χ1v) is 8.44. The van der Waals surface area contributed by atoms with Crippen LogP contribution in [0.4, 0.5) is 0 Å². The van der Waals surface area contributed by atoms with Crippen LogP contribution in [0.15, 0.2) is 5.38 Å². The summed E-state index contributed by atoms with van der Waals surface area (Å²) < 4.78 is 21.9. The summed E-state index contributed by atoms with van der Waals surface area (Å²) in [6, 6.07) is 0. The van der Waals surface area contributed by atoms with Crippen LogP contribution in [0.5, 0.6) is 11.5 Å². The van der Waals surface area contributed by atoms with Crippen molar-refractivity contribution in [2.75, 3.05) is 46.6 Å². The number of methoxy groups -OCH3 is 1. The molecule has 2 aliphatic heterocycles. The maximum atomic E-state index is 12.9. The Morgan fingerprint density at radius 2 is 2.27 bits per heavy atom. The molecule has 0 saturated carbocycles. The number of amides is 1. The molecule has 1 saturated heterocycles. The van der Waals surface area contributed by atoms with Crippen molar-refractivity contribution in [3.8, 4) is 11.5 Å². The Bertz CT molecular complexity index is 512. The first-order chi connectivity index (χ1) is 10.8. The van der Waals surface area contributed by atoms with Crippen LogP contribution in [0.1, 0.15) is 22.5 Å². The average molecular weight is 327 g/mol. The van der Waals surface area contributed by atoms with Gasteiger partial charge >= 0.3 is 0 Å². The minimum atomic E-state index is -0.0377. The molecule has 1 amide bonds. The normalized spacial score (nSPS) is 20.1. The lowest BCUT2D eigenvalue weighted by molar-refractivity contribution is 0.0454. The first kappa shape index (κ1) is 15.6. The summed E-state index contributed by atoms with van der Waals surface area (Å²) in [4.78, 5) is 15.3. The third kappa shape index (κ3) is 3.37. The lowest BCUT2D eigenvalue weighted by Gasteiger charge is -2.25. The van der Waals surface area contributed by atoms with E-state index in [0.29, 0.717) is 49.3 Å². The maximum Gasteiger partial charge on any atom is 0.268 e. The lowest BCUT2D eigenvalue weighted by atomic mass is 10.2. The molecule has 6 nitrogen and oxygen atoms in total. The Hall–Kier alpha value is -1.31. The molecule has 0 bridgehead atoms. The van der Waals surface area contributed by atoms with Crippen molar-refractivity contribution >= 4 is 17.2 Å². The summed E-state index contributed by atoms with van der Waals surface area (Å²) in [5.74, 6) is 1.21. The molecule has 0 aromatic carbocycles. The zero-order valence-corrected chi connectivity index (χ0v) is 13.5. The highest BCUT2D eigenvalue weighted by Crippen LogP contribution is 2.40. The van der Waals surface area contributed by atoms with Gasteiger partial charge in [0.2, 0.25) is 0 Å². The summed E-state index contributed by atoms with van der Waals surface area (Å²) in [5.41, 5.74) is 0. The molecule has 1 aromatic rings. The van der Waals surface area contributed by atoms with Crippen LogP contribution in [-0.2, 0) is 9.47 Å². The van der Waals surface area contributed by atoms with Gasteiger partial charge in [0.15, 0.2) is 11.5 Å². The molecule has 3 heterocycles. The summed E-state index contributed by atoms with van der Waals surface area (Å²) in [6.07, 6.45) is 2.18. The fraction of sp³-hybridized carbons (Fsp3) is 0.667. The van der Waals surface area contributed by atoms with Crippen molar-refractivity contribution < 1.29 is 23.7 Å². The van der Waals surface area contributed by atoms with E-state index in [2.05, 4.69) is 0 Å². The number of hydrogen-bond acceptors (Lipinski definition) is 6. The van der Waals surface area contributed by atoms with Crippen molar-refractivity contribution in [3.05, 3.63) is 10.3 Å². The molecular weight excluding hydrogens is 306 g/mol. The van der Waals surface area contributed by atoms with E-state index in [9.17, 15) is 4.79 Å². The molecule has 1 fully saturated rings. The van der Waals surface area contributed by atoms with Crippen LogP contribution in [-0.4, -0.2) is 63.5 Å². The Balaban J connectivity index is 1.74. The van der Waals surface area contributed by atoms with E-state index in [1.165, 1.54) is 11.3 Å². The topological polar surface area (TPSA) is 57.2 Å². The third-order valence-electron chi connectivity index (χ3n) is 3.80. The van der Waals surface area contributed by atoms with Gasteiger partial charge in [-0.1, -0.05) is 0 Å². The van der Waals surface area contributed by atoms with Crippen molar-refractivity contribution in [1.29, 1.82) is 0 Å². The summed E-state index contributed by atoms with van der Waals surface area (Å²) in [5, 5.41) is 1.84. The standard InChI is InChI=1S/C15H21NO5S/c1-18-6-4-16(9-11-3-2-5-19-11)15(17)14-13-12(10-22-14)20-7-8-21-13/h10-11H,2-9H2,1H3/t11-/m1/s1. The Morgan fingerprint density at radius 3 is 3.05 bits per heavy atom. The Labute approximate surface area is 133 Å². The van der Waals surface area contributed by atoms with Crippen molar-refractivity contribution in [2.45, 2.75) is 18.9 Å². The molecule has 7 heteroatoms. The molecule has 0 unspecified atom stereocenters. The largest absolute Gasteiger partial charge is 0.485 e. The number of hydrogen-bond donors (Lipinski definition) is 0. The monoisotopic (exact) mass is 327 g/mol. The van der Waals surface area contributed by atoms with Crippen LogP contribution in [0.25, 0.3) is 0 Å². The summed E-state index contributed by atoms with van der Waals surface area (Å²) in [7, 11) is 1.64. The SMILES string of the molecule is COCCN(C[C@H]1CCCO1)C(=O)c1scc2c1OCCO2.